The maximum Gasteiger partial charge on any atom is 0.294 e. The van der Waals surface area contributed by atoms with Crippen molar-refractivity contribution in [1.29, 1.82) is 0 Å². The summed E-state index contributed by atoms with van der Waals surface area (Å²) in [5, 5.41) is 12.5. The molecule has 0 radical (unpaired) electrons. The number of ketones is 1. The second kappa shape index (κ2) is 7.93. The minimum Gasteiger partial charge on any atom is -0.503 e. The standard InChI is InChI=1S/C23H19NO4S/c1-2-28-17-11-6-8-15(14-17)20-19(21(25)18-12-7-13-29-18)22(26)23(27)24(20)16-9-4-3-5-10-16/h3-14,20,26H,2H2,1H3. The third-order valence-electron chi connectivity index (χ3n) is 4.72. The number of rotatable bonds is 6. The first-order valence-electron chi connectivity index (χ1n) is 9.24. The molecule has 5 nitrogen and oxygen atoms in total. The molecule has 146 valence electrons. The number of carbonyl (C=O) groups is 2. The van der Waals surface area contributed by atoms with Crippen molar-refractivity contribution in [2.24, 2.45) is 0 Å². The molecule has 0 bridgehead atoms. The molecule has 29 heavy (non-hydrogen) atoms. The number of aliphatic hydroxyl groups excluding tert-OH is 1. The van der Waals surface area contributed by atoms with Gasteiger partial charge in [-0.15, -0.1) is 11.3 Å². The van der Waals surface area contributed by atoms with Crippen LogP contribution in [0.25, 0.3) is 0 Å². The van der Waals surface area contributed by atoms with E-state index in [0.717, 1.165) is 0 Å². The molecular weight excluding hydrogens is 386 g/mol. The van der Waals surface area contributed by atoms with Crippen molar-refractivity contribution in [3.8, 4) is 5.75 Å². The third kappa shape index (κ3) is 3.43. The summed E-state index contributed by atoms with van der Waals surface area (Å²) in [6, 6.07) is 19.0. The van der Waals surface area contributed by atoms with Crippen LogP contribution in [0.4, 0.5) is 5.69 Å². The number of carbonyl (C=O) groups excluding carboxylic acids is 2. The van der Waals surface area contributed by atoms with Crippen LogP contribution >= 0.6 is 11.3 Å². The lowest BCUT2D eigenvalue weighted by atomic mass is 9.95. The Bertz CT molecular complexity index is 1070. The molecule has 0 spiro atoms. The molecule has 1 N–H and O–H groups in total. The van der Waals surface area contributed by atoms with Gasteiger partial charge in [-0.3, -0.25) is 14.5 Å². The molecule has 0 fully saturated rings. The van der Waals surface area contributed by atoms with E-state index in [1.54, 1.807) is 35.7 Å². The summed E-state index contributed by atoms with van der Waals surface area (Å²) in [7, 11) is 0. The quantitative estimate of drug-likeness (QED) is 0.591. The normalized spacial score (nSPS) is 16.4. The van der Waals surface area contributed by atoms with Gasteiger partial charge in [0.2, 0.25) is 5.78 Å². The zero-order chi connectivity index (χ0) is 20.4. The van der Waals surface area contributed by atoms with Gasteiger partial charge >= 0.3 is 0 Å². The minimum atomic E-state index is -0.750. The topological polar surface area (TPSA) is 66.8 Å². The molecule has 3 aromatic rings. The summed E-state index contributed by atoms with van der Waals surface area (Å²) in [6.07, 6.45) is 0. The van der Waals surface area contributed by atoms with Crippen LogP contribution in [-0.2, 0) is 4.79 Å². The van der Waals surface area contributed by atoms with Crippen molar-refractivity contribution in [3.63, 3.8) is 0 Å². The Hall–Kier alpha value is -3.38. The summed E-state index contributed by atoms with van der Waals surface area (Å²) in [5.41, 5.74) is 1.37. The molecule has 1 amide bonds. The number of nitrogens with zero attached hydrogens (tertiary/aromatic N) is 1. The number of amides is 1. The average molecular weight is 405 g/mol. The number of benzene rings is 2. The molecule has 4 rings (SSSR count). The van der Waals surface area contributed by atoms with Gasteiger partial charge in [0.05, 0.1) is 23.1 Å². The Morgan fingerprint density at radius 3 is 2.59 bits per heavy atom. The van der Waals surface area contributed by atoms with Crippen LogP contribution in [-0.4, -0.2) is 23.4 Å². The maximum absolute atomic E-state index is 13.2. The van der Waals surface area contributed by atoms with Crippen LogP contribution in [0.1, 0.15) is 28.2 Å². The second-order valence-corrected chi connectivity index (χ2v) is 7.44. The Morgan fingerprint density at radius 1 is 1.10 bits per heavy atom. The first kappa shape index (κ1) is 19.0. The van der Waals surface area contributed by atoms with Crippen molar-refractivity contribution >= 4 is 28.7 Å². The highest BCUT2D eigenvalue weighted by Crippen LogP contribution is 2.42. The van der Waals surface area contributed by atoms with Gasteiger partial charge in [0.25, 0.3) is 5.91 Å². The molecule has 2 aromatic carbocycles. The first-order chi connectivity index (χ1) is 14.1. The van der Waals surface area contributed by atoms with Gasteiger partial charge in [-0.1, -0.05) is 36.4 Å². The number of hydrogen-bond donors (Lipinski definition) is 1. The fourth-order valence-corrected chi connectivity index (χ4v) is 4.17. The van der Waals surface area contributed by atoms with Gasteiger partial charge in [0.15, 0.2) is 5.76 Å². The van der Waals surface area contributed by atoms with Crippen molar-refractivity contribution in [3.05, 3.63) is 93.9 Å². The lowest BCUT2D eigenvalue weighted by Crippen LogP contribution is -2.31. The smallest absolute Gasteiger partial charge is 0.294 e. The number of ether oxygens (including phenoxy) is 1. The highest BCUT2D eigenvalue weighted by molar-refractivity contribution is 7.12. The van der Waals surface area contributed by atoms with E-state index in [1.165, 1.54) is 16.2 Å². The zero-order valence-corrected chi connectivity index (χ0v) is 16.6. The highest BCUT2D eigenvalue weighted by atomic mass is 32.1. The lowest BCUT2D eigenvalue weighted by Gasteiger charge is -2.27. The molecule has 1 aliphatic heterocycles. The summed E-state index contributed by atoms with van der Waals surface area (Å²) in [6.45, 7) is 2.39. The predicted molar refractivity (Wildman–Crippen MR) is 113 cm³/mol. The molecule has 0 aliphatic carbocycles. The highest BCUT2D eigenvalue weighted by Gasteiger charge is 2.44. The van der Waals surface area contributed by atoms with Gasteiger partial charge in [-0.05, 0) is 48.2 Å². The first-order valence-corrected chi connectivity index (χ1v) is 10.1. The largest absolute Gasteiger partial charge is 0.503 e. The Morgan fingerprint density at radius 2 is 1.90 bits per heavy atom. The SMILES string of the molecule is CCOc1cccc(C2C(C(=O)c3cccs3)=C(O)C(=O)N2c2ccccc2)c1. The number of aliphatic hydroxyl groups is 1. The monoisotopic (exact) mass is 405 g/mol. The number of thiophene rings is 1. The summed E-state index contributed by atoms with van der Waals surface area (Å²) < 4.78 is 5.60. The lowest BCUT2D eigenvalue weighted by molar-refractivity contribution is -0.117. The molecule has 1 atom stereocenters. The van der Waals surface area contributed by atoms with Gasteiger partial charge in [-0.25, -0.2) is 0 Å². The molecule has 6 heteroatoms. The average Bonchev–Trinajstić information content (AvgIpc) is 3.36. The molecule has 1 aromatic heterocycles. The Kier molecular flexibility index (Phi) is 5.18. The van der Waals surface area contributed by atoms with Crippen molar-refractivity contribution in [1.82, 2.24) is 0 Å². The van der Waals surface area contributed by atoms with Crippen molar-refractivity contribution in [2.75, 3.05) is 11.5 Å². The van der Waals surface area contributed by atoms with Gasteiger partial charge in [0, 0.05) is 5.69 Å². The number of Topliss-reactive ketones (excluding diaryl/α,β-unsaturated/α-hetero) is 1. The van der Waals surface area contributed by atoms with Crippen molar-refractivity contribution in [2.45, 2.75) is 13.0 Å². The van der Waals surface area contributed by atoms with E-state index in [1.807, 2.05) is 43.3 Å². The summed E-state index contributed by atoms with van der Waals surface area (Å²) in [5.74, 6) is -0.821. The molecular formula is C23H19NO4S. The van der Waals surface area contributed by atoms with Crippen LogP contribution in [0, 0.1) is 0 Å². The fourth-order valence-electron chi connectivity index (χ4n) is 3.49. The third-order valence-corrected chi connectivity index (χ3v) is 5.59. The van der Waals surface area contributed by atoms with E-state index >= 15 is 0 Å². The van der Waals surface area contributed by atoms with Gasteiger partial charge in [0.1, 0.15) is 5.75 Å². The number of hydrogen-bond acceptors (Lipinski definition) is 5. The van der Waals surface area contributed by atoms with E-state index in [4.69, 9.17) is 4.74 Å². The fraction of sp³-hybridized carbons (Fsp3) is 0.130. The molecule has 1 unspecified atom stereocenters. The zero-order valence-electron chi connectivity index (χ0n) is 15.7. The van der Waals surface area contributed by atoms with Gasteiger partial charge < -0.3 is 9.84 Å². The van der Waals surface area contributed by atoms with E-state index in [0.29, 0.717) is 28.5 Å². The Balaban J connectivity index is 1.87. The van der Waals surface area contributed by atoms with Crippen LogP contribution in [0.2, 0.25) is 0 Å². The molecule has 1 aliphatic rings. The maximum atomic E-state index is 13.2. The van der Waals surface area contributed by atoms with Crippen LogP contribution < -0.4 is 9.64 Å². The minimum absolute atomic E-state index is 0.0787. The van der Waals surface area contributed by atoms with E-state index in [-0.39, 0.29) is 11.4 Å². The van der Waals surface area contributed by atoms with E-state index in [2.05, 4.69) is 0 Å². The van der Waals surface area contributed by atoms with Crippen LogP contribution in [0.15, 0.2) is 83.4 Å². The molecule has 0 saturated carbocycles. The van der Waals surface area contributed by atoms with E-state index in [9.17, 15) is 14.7 Å². The van der Waals surface area contributed by atoms with Gasteiger partial charge in [-0.2, -0.15) is 0 Å². The van der Waals surface area contributed by atoms with Crippen LogP contribution in [0.5, 0.6) is 5.75 Å². The molecule has 2 heterocycles. The molecule has 0 saturated heterocycles. The summed E-state index contributed by atoms with van der Waals surface area (Å²) in [4.78, 5) is 28.2. The van der Waals surface area contributed by atoms with Crippen molar-refractivity contribution < 1.29 is 19.4 Å². The predicted octanol–water partition coefficient (Wildman–Crippen LogP) is 4.93. The summed E-state index contributed by atoms with van der Waals surface area (Å²) >= 11 is 1.28. The van der Waals surface area contributed by atoms with Crippen LogP contribution in [0.3, 0.4) is 0 Å². The second-order valence-electron chi connectivity index (χ2n) is 6.49. The number of anilines is 1. The Labute approximate surface area is 172 Å². The van der Waals surface area contributed by atoms with E-state index < -0.39 is 17.7 Å². The number of para-hydroxylation sites is 1.